The number of ether oxygens (including phenoxy) is 12. The van der Waals surface area contributed by atoms with Gasteiger partial charge in [0.2, 0.25) is 6.29 Å². The first kappa shape index (κ1) is 68.9. The zero-order chi connectivity index (χ0) is 64.0. The summed E-state index contributed by atoms with van der Waals surface area (Å²) in [5.74, 6) is -1.35. The van der Waals surface area contributed by atoms with Crippen LogP contribution < -0.4 is 0 Å². The number of hydrogen-bond acceptors (Lipinski definition) is 32. The van der Waals surface area contributed by atoms with Crippen molar-refractivity contribution < 1.29 is 159 Å². The first-order valence-electron chi connectivity index (χ1n) is 30.3. The van der Waals surface area contributed by atoms with Crippen LogP contribution in [0.5, 0.6) is 0 Å². The highest BCUT2D eigenvalue weighted by Gasteiger charge is 2.70. The molecule has 10 rings (SSSR count). The van der Waals surface area contributed by atoms with E-state index in [0.717, 1.165) is 0 Å². The van der Waals surface area contributed by atoms with Crippen LogP contribution in [-0.4, -0.2) is 326 Å². The van der Waals surface area contributed by atoms with Gasteiger partial charge in [0.15, 0.2) is 37.6 Å². The molecule has 10 fully saturated rings. The molecule has 36 atom stereocenters. The summed E-state index contributed by atoms with van der Waals surface area (Å²) in [6, 6.07) is 0. The van der Waals surface area contributed by atoms with Crippen LogP contribution in [0.25, 0.3) is 0 Å². The van der Waals surface area contributed by atoms with Gasteiger partial charge in [-0.15, -0.1) is 0 Å². The van der Waals surface area contributed by atoms with Crippen LogP contribution in [0.15, 0.2) is 12.2 Å². The summed E-state index contributed by atoms with van der Waals surface area (Å²) in [6.07, 6.45) is -50.1. The number of esters is 1. The van der Waals surface area contributed by atoms with Crippen molar-refractivity contribution in [2.45, 2.75) is 268 Å². The molecule has 32 nitrogen and oxygen atoms in total. The van der Waals surface area contributed by atoms with Crippen LogP contribution in [0.2, 0.25) is 0 Å². The summed E-state index contributed by atoms with van der Waals surface area (Å²) in [7, 11) is 0. The molecule has 4 saturated carbocycles. The van der Waals surface area contributed by atoms with Gasteiger partial charge in [0.05, 0.1) is 50.2 Å². The molecule has 506 valence electrons. The Bertz CT molecular complexity index is 2380. The lowest BCUT2D eigenvalue weighted by molar-refractivity contribution is -0.400. The maximum atomic E-state index is 15.4. The molecule has 6 saturated heterocycles. The second-order valence-electron chi connectivity index (χ2n) is 26.4. The Balaban J connectivity index is 0.919. The van der Waals surface area contributed by atoms with E-state index >= 15 is 4.79 Å². The number of aliphatic hydroxyl groups is 19. The Morgan fingerprint density at radius 2 is 0.841 bits per heavy atom. The van der Waals surface area contributed by atoms with Gasteiger partial charge in [-0.05, 0) is 93.5 Å². The first-order chi connectivity index (χ1) is 41.6. The van der Waals surface area contributed by atoms with E-state index in [1.165, 1.54) is 6.92 Å². The van der Waals surface area contributed by atoms with E-state index in [1.807, 2.05) is 0 Å². The van der Waals surface area contributed by atoms with Gasteiger partial charge in [-0.25, -0.2) is 0 Å². The third-order valence-corrected chi connectivity index (χ3v) is 21.3. The molecule has 30 unspecified atom stereocenters. The molecule has 88 heavy (non-hydrogen) atoms. The van der Waals surface area contributed by atoms with E-state index < -0.39 is 251 Å². The minimum absolute atomic E-state index is 0.133. The smallest absolute Gasteiger partial charge is 0.314 e. The van der Waals surface area contributed by atoms with Crippen LogP contribution >= 0.6 is 0 Å². The van der Waals surface area contributed by atoms with Crippen LogP contribution in [0.3, 0.4) is 0 Å². The summed E-state index contributed by atoms with van der Waals surface area (Å²) < 4.78 is 73.2. The Morgan fingerprint density at radius 1 is 0.455 bits per heavy atom. The summed E-state index contributed by atoms with van der Waals surface area (Å²) in [6.45, 7) is 5.42. The van der Waals surface area contributed by atoms with Crippen molar-refractivity contribution >= 4 is 5.97 Å². The quantitative estimate of drug-likeness (QED) is 0.0365. The van der Waals surface area contributed by atoms with E-state index in [0.29, 0.717) is 56.9 Å². The molecular formula is C56H90O32. The van der Waals surface area contributed by atoms with Gasteiger partial charge in [0.25, 0.3) is 0 Å². The van der Waals surface area contributed by atoms with Gasteiger partial charge in [-0.3, -0.25) is 4.79 Å². The van der Waals surface area contributed by atoms with Crippen molar-refractivity contribution in [1.82, 2.24) is 0 Å². The zero-order valence-electron chi connectivity index (χ0n) is 48.9. The second kappa shape index (κ2) is 26.7. The molecule has 0 radical (unpaired) electrons. The predicted molar refractivity (Wildman–Crippen MR) is 283 cm³/mol. The Morgan fingerprint density at radius 3 is 1.31 bits per heavy atom. The minimum atomic E-state index is -2.03. The zero-order valence-corrected chi connectivity index (χ0v) is 48.9. The topological polar surface area (TPSA) is 512 Å². The number of hydrogen-bond donors (Lipinski definition) is 19. The molecule has 6 heterocycles. The third-order valence-electron chi connectivity index (χ3n) is 21.3. The standard InChI is InChI=1S/C56H90O32/c1-19-12-55-10-6-26-53(3,8-5-9-54(26,4)52(76)87-50-44(85-46-38(72)34(68)28(62)20(2)77-46)42(32(66)24(16-60)81-50)83-47-39(73)35(69)29(63)21(13-57)78-47)27(55)7-11-56(19,18-55)88-51-45(86-49-41(75)37(71)31(65)23(15-59)80-49)43(33(67)25(17-61)82-51)84-48-40(74)36(70)30(64)22(14-58)79-48/h20-51,57-75H,1,5-18H2,2-4H3/t20?,21?,22?,23?,24?,25?,26-,27-,28?,29?,30?,31?,32?,33?,34?,35?,36?,37?,38?,39?,40?,41?,42?,43?,44?,45?,46?,47?,48?,49?,50?,51?,53+,54+,55+,56-/m0/s1. The van der Waals surface area contributed by atoms with Crippen LogP contribution in [0.1, 0.15) is 78.6 Å². The van der Waals surface area contributed by atoms with Crippen LogP contribution in [0, 0.1) is 28.1 Å². The van der Waals surface area contributed by atoms with E-state index in [9.17, 15) is 97.0 Å². The van der Waals surface area contributed by atoms with Gasteiger partial charge in [0.1, 0.15) is 134 Å². The summed E-state index contributed by atoms with van der Waals surface area (Å²) in [5, 5.41) is 205. The highest BCUT2D eigenvalue weighted by Crippen LogP contribution is 2.74. The fraction of sp³-hybridized carbons (Fsp3) is 0.946. The maximum absolute atomic E-state index is 15.4. The molecule has 0 aromatic heterocycles. The monoisotopic (exact) mass is 1270 g/mol. The predicted octanol–water partition coefficient (Wildman–Crippen LogP) is -8.44. The van der Waals surface area contributed by atoms with Crippen molar-refractivity contribution in [3.63, 3.8) is 0 Å². The molecule has 0 aromatic carbocycles. The molecule has 0 amide bonds. The fourth-order valence-electron chi connectivity index (χ4n) is 16.4. The number of fused-ring (bicyclic) bond motifs is 3. The molecular weight excluding hydrogens is 1180 g/mol. The lowest BCUT2D eigenvalue weighted by Gasteiger charge is -2.64. The lowest BCUT2D eigenvalue weighted by Crippen LogP contribution is -2.68. The minimum Gasteiger partial charge on any atom is -0.432 e. The summed E-state index contributed by atoms with van der Waals surface area (Å²) >= 11 is 0. The fourth-order valence-corrected chi connectivity index (χ4v) is 16.4. The molecule has 2 bridgehead atoms. The normalized spacial score (nSPS) is 55.0. The van der Waals surface area contributed by atoms with Crippen molar-refractivity contribution in [3.8, 4) is 0 Å². The summed E-state index contributed by atoms with van der Waals surface area (Å²) in [5.41, 5.74) is -3.13. The number of rotatable bonds is 17. The Hall–Kier alpha value is -1.99. The molecule has 32 heteroatoms. The van der Waals surface area contributed by atoms with Gasteiger partial charge in [-0.2, -0.15) is 0 Å². The number of aliphatic hydroxyl groups excluding tert-OH is 19. The van der Waals surface area contributed by atoms with Crippen molar-refractivity contribution in [2.24, 2.45) is 28.1 Å². The highest BCUT2D eigenvalue weighted by atomic mass is 16.8. The average Bonchev–Trinajstić information content (AvgIpc) is 1.53. The van der Waals surface area contributed by atoms with Gasteiger partial charge in [-0.1, -0.05) is 19.9 Å². The lowest BCUT2D eigenvalue weighted by atomic mass is 9.41. The number of carbonyl (C=O) groups is 1. The van der Waals surface area contributed by atoms with Crippen LogP contribution in [-0.2, 0) is 61.6 Å². The van der Waals surface area contributed by atoms with Crippen molar-refractivity contribution in [3.05, 3.63) is 12.2 Å². The van der Waals surface area contributed by atoms with Gasteiger partial charge >= 0.3 is 5.97 Å². The van der Waals surface area contributed by atoms with Crippen LogP contribution in [0.4, 0.5) is 0 Å². The molecule has 6 aliphatic heterocycles. The molecule has 19 N–H and O–H groups in total. The van der Waals surface area contributed by atoms with E-state index in [1.54, 1.807) is 6.92 Å². The molecule has 1 spiro atoms. The van der Waals surface area contributed by atoms with Gasteiger partial charge < -0.3 is 154 Å². The second-order valence-corrected chi connectivity index (χ2v) is 26.4. The van der Waals surface area contributed by atoms with E-state index in [4.69, 9.17) is 56.8 Å². The maximum Gasteiger partial charge on any atom is 0.314 e. The third kappa shape index (κ3) is 12.0. The van der Waals surface area contributed by atoms with E-state index in [2.05, 4.69) is 13.5 Å². The largest absolute Gasteiger partial charge is 0.432 e. The number of carbonyl (C=O) groups excluding carboxylic acids is 1. The van der Waals surface area contributed by atoms with Crippen molar-refractivity contribution in [2.75, 3.05) is 33.0 Å². The molecule has 10 aliphatic rings. The first-order valence-corrected chi connectivity index (χ1v) is 30.3. The Kier molecular flexibility index (Phi) is 20.9. The molecule has 4 aliphatic carbocycles. The van der Waals surface area contributed by atoms with Crippen molar-refractivity contribution in [1.29, 1.82) is 0 Å². The average molecular weight is 1280 g/mol. The molecule has 0 aromatic rings. The summed E-state index contributed by atoms with van der Waals surface area (Å²) in [4.78, 5) is 15.4. The highest BCUT2D eigenvalue weighted by molar-refractivity contribution is 5.77. The Labute approximate surface area is 505 Å². The SMILES string of the molecule is C=C1C[C@@]23CC[C@H]4[C@@](C)(CCC[C@@]4(C)C(=O)OC4OC(CO)C(O)C(OC5OC(CO)C(O)C(O)C5O)C4OC4OC(C)C(O)C(O)C4O)[C@@H]2CC[C@]1(OC1OC(CO)C(O)C(OC2OC(CO)C(O)C(O)C2O)C1OC1OC(CO)C(O)C(O)C1O)C3. The van der Waals surface area contributed by atoms with E-state index in [-0.39, 0.29) is 12.3 Å². The van der Waals surface area contributed by atoms with Gasteiger partial charge in [0, 0.05) is 0 Å².